The number of hydrogen-bond acceptors (Lipinski definition) is 2. The number of fused-ring (bicyclic) bond motifs is 1. The maximum atomic E-state index is 5.97. The number of likely N-dealkylation sites (tertiary alicyclic amines) is 1. The molecule has 1 aromatic heterocycles. The van der Waals surface area contributed by atoms with Crippen LogP contribution < -0.4 is 0 Å². The van der Waals surface area contributed by atoms with Gasteiger partial charge in [0.05, 0.1) is 11.0 Å². The van der Waals surface area contributed by atoms with Crippen molar-refractivity contribution in [3.63, 3.8) is 0 Å². The topological polar surface area (TPSA) is 21.1 Å². The number of aromatic nitrogens is 2. The smallest absolute Gasteiger partial charge is 0.111 e. The van der Waals surface area contributed by atoms with E-state index in [-0.39, 0.29) is 0 Å². The number of benzene rings is 1. The molecule has 1 aromatic carbocycles. The predicted octanol–water partition coefficient (Wildman–Crippen LogP) is 4.06. The Balaban J connectivity index is 1.97. The van der Waals surface area contributed by atoms with Crippen LogP contribution in [0.15, 0.2) is 22.7 Å². The Morgan fingerprint density at radius 3 is 3.00 bits per heavy atom. The van der Waals surface area contributed by atoms with E-state index in [0.717, 1.165) is 28.8 Å². The summed E-state index contributed by atoms with van der Waals surface area (Å²) in [6.07, 6.45) is 4.74. The molecule has 21 heavy (non-hydrogen) atoms. The van der Waals surface area contributed by atoms with Gasteiger partial charge >= 0.3 is 0 Å². The van der Waals surface area contributed by atoms with E-state index in [1.165, 1.54) is 31.3 Å². The van der Waals surface area contributed by atoms with Crippen LogP contribution in [0.1, 0.15) is 25.1 Å². The molecule has 2 heterocycles. The van der Waals surface area contributed by atoms with Crippen molar-refractivity contribution < 1.29 is 0 Å². The number of hydrogen-bond donors (Lipinski definition) is 0. The molecule has 2 aromatic rings. The van der Waals surface area contributed by atoms with Gasteiger partial charge in [0.1, 0.15) is 5.82 Å². The van der Waals surface area contributed by atoms with Crippen molar-refractivity contribution in [1.82, 2.24) is 14.5 Å². The van der Waals surface area contributed by atoms with Gasteiger partial charge in [-0.25, -0.2) is 4.98 Å². The Hall–Kier alpha value is -0.580. The largest absolute Gasteiger partial charge is 0.326 e. The Morgan fingerprint density at radius 1 is 1.38 bits per heavy atom. The molecule has 3 nitrogen and oxygen atoms in total. The molecule has 0 radical (unpaired) electrons. The SMILES string of the molecule is CN1CCCCC1Cn1c(CCCl)nc2ccc(Br)cc21. The summed E-state index contributed by atoms with van der Waals surface area (Å²) >= 11 is 9.54. The Bertz CT molecular complexity index is 625. The summed E-state index contributed by atoms with van der Waals surface area (Å²) in [6.45, 7) is 2.21. The first-order chi connectivity index (χ1) is 10.2. The van der Waals surface area contributed by atoms with E-state index < -0.39 is 0 Å². The van der Waals surface area contributed by atoms with Crippen LogP contribution in [0.3, 0.4) is 0 Å². The molecule has 5 heteroatoms. The number of piperidine rings is 1. The molecule has 1 fully saturated rings. The third kappa shape index (κ3) is 3.27. The van der Waals surface area contributed by atoms with Gasteiger partial charge in [0.25, 0.3) is 0 Å². The van der Waals surface area contributed by atoms with Gasteiger partial charge in [-0.2, -0.15) is 0 Å². The molecule has 1 aliphatic rings. The minimum absolute atomic E-state index is 0.601. The van der Waals surface area contributed by atoms with Crippen molar-refractivity contribution in [2.45, 2.75) is 38.3 Å². The van der Waals surface area contributed by atoms with Gasteiger partial charge in [-0.3, -0.25) is 0 Å². The first-order valence-electron chi connectivity index (χ1n) is 7.60. The van der Waals surface area contributed by atoms with Gasteiger partial charge in [0.2, 0.25) is 0 Å². The average Bonchev–Trinajstić information content (AvgIpc) is 2.79. The first-order valence-corrected chi connectivity index (χ1v) is 8.92. The molecule has 3 rings (SSSR count). The zero-order valence-corrected chi connectivity index (χ0v) is 14.7. The quantitative estimate of drug-likeness (QED) is 0.757. The van der Waals surface area contributed by atoms with E-state index in [0.29, 0.717) is 11.9 Å². The molecule has 0 aliphatic carbocycles. The lowest BCUT2D eigenvalue weighted by Crippen LogP contribution is -2.39. The minimum atomic E-state index is 0.601. The second-order valence-corrected chi connectivity index (χ2v) is 7.13. The highest BCUT2D eigenvalue weighted by Gasteiger charge is 2.21. The molecule has 1 aliphatic heterocycles. The molecule has 1 unspecified atom stereocenters. The van der Waals surface area contributed by atoms with Gasteiger partial charge < -0.3 is 9.47 Å². The van der Waals surface area contributed by atoms with E-state index >= 15 is 0 Å². The summed E-state index contributed by atoms with van der Waals surface area (Å²) in [5, 5.41) is 0. The van der Waals surface area contributed by atoms with Crippen molar-refractivity contribution in [2.24, 2.45) is 0 Å². The Labute approximate surface area is 139 Å². The average molecular weight is 371 g/mol. The minimum Gasteiger partial charge on any atom is -0.326 e. The second-order valence-electron chi connectivity index (χ2n) is 5.84. The van der Waals surface area contributed by atoms with Gasteiger partial charge in [0.15, 0.2) is 0 Å². The number of nitrogens with zero attached hydrogens (tertiary/aromatic N) is 3. The van der Waals surface area contributed by atoms with Crippen LogP contribution in [0.4, 0.5) is 0 Å². The summed E-state index contributed by atoms with van der Waals surface area (Å²) in [7, 11) is 2.24. The molecule has 0 N–H and O–H groups in total. The highest BCUT2D eigenvalue weighted by Crippen LogP contribution is 2.24. The summed E-state index contributed by atoms with van der Waals surface area (Å²) in [6, 6.07) is 6.90. The van der Waals surface area contributed by atoms with Gasteiger partial charge in [-0.15, -0.1) is 11.6 Å². The highest BCUT2D eigenvalue weighted by atomic mass is 79.9. The van der Waals surface area contributed by atoms with Gasteiger partial charge in [-0.05, 0) is 44.6 Å². The number of halogens is 2. The molecule has 0 saturated carbocycles. The van der Waals surface area contributed by atoms with E-state index in [4.69, 9.17) is 16.6 Å². The van der Waals surface area contributed by atoms with Crippen molar-refractivity contribution >= 4 is 38.6 Å². The maximum Gasteiger partial charge on any atom is 0.111 e. The van der Waals surface area contributed by atoms with Crippen LogP contribution in [0.25, 0.3) is 11.0 Å². The van der Waals surface area contributed by atoms with Crippen molar-refractivity contribution in [3.8, 4) is 0 Å². The van der Waals surface area contributed by atoms with Crippen molar-refractivity contribution in [3.05, 3.63) is 28.5 Å². The van der Waals surface area contributed by atoms with Crippen LogP contribution in [-0.4, -0.2) is 40.0 Å². The number of imidazole rings is 1. The molecular weight excluding hydrogens is 350 g/mol. The molecule has 1 atom stereocenters. The first kappa shape index (κ1) is 15.3. The molecule has 0 spiro atoms. The third-order valence-electron chi connectivity index (χ3n) is 4.42. The van der Waals surface area contributed by atoms with E-state index in [1.807, 2.05) is 0 Å². The number of rotatable bonds is 4. The third-order valence-corrected chi connectivity index (χ3v) is 5.10. The van der Waals surface area contributed by atoms with Gasteiger partial charge in [0, 0.05) is 29.4 Å². The van der Waals surface area contributed by atoms with E-state index in [1.54, 1.807) is 0 Å². The second kappa shape index (κ2) is 6.67. The fourth-order valence-corrected chi connectivity index (χ4v) is 3.73. The van der Waals surface area contributed by atoms with E-state index in [2.05, 4.69) is 50.6 Å². The summed E-state index contributed by atoms with van der Waals surface area (Å²) < 4.78 is 3.47. The lowest BCUT2D eigenvalue weighted by atomic mass is 10.0. The van der Waals surface area contributed by atoms with E-state index in [9.17, 15) is 0 Å². The molecule has 1 saturated heterocycles. The Kier molecular flexibility index (Phi) is 4.87. The maximum absolute atomic E-state index is 5.97. The lowest BCUT2D eigenvalue weighted by Gasteiger charge is -2.33. The van der Waals surface area contributed by atoms with Crippen LogP contribution >= 0.6 is 27.5 Å². The highest BCUT2D eigenvalue weighted by molar-refractivity contribution is 9.10. The normalized spacial score (nSPS) is 20.2. The van der Waals surface area contributed by atoms with Crippen LogP contribution in [-0.2, 0) is 13.0 Å². The number of likely N-dealkylation sites (N-methyl/N-ethyl adjacent to an activating group) is 1. The summed E-state index contributed by atoms with van der Waals surface area (Å²) in [4.78, 5) is 7.26. The summed E-state index contributed by atoms with van der Waals surface area (Å²) in [5.74, 6) is 1.72. The lowest BCUT2D eigenvalue weighted by molar-refractivity contribution is 0.167. The van der Waals surface area contributed by atoms with Crippen LogP contribution in [0, 0.1) is 0 Å². The monoisotopic (exact) mass is 369 g/mol. The fraction of sp³-hybridized carbons (Fsp3) is 0.562. The standard InChI is InChI=1S/C16H21BrClN3/c1-20-9-3-2-4-13(20)11-21-15-10-12(17)5-6-14(15)19-16(21)7-8-18/h5-6,10,13H,2-4,7-9,11H2,1H3. The van der Waals surface area contributed by atoms with Crippen LogP contribution in [0.5, 0.6) is 0 Å². The number of alkyl halides is 1. The molecule has 0 bridgehead atoms. The Morgan fingerprint density at radius 2 is 2.24 bits per heavy atom. The number of aryl methyl sites for hydroxylation is 1. The van der Waals surface area contributed by atoms with Crippen LogP contribution in [0.2, 0.25) is 0 Å². The predicted molar refractivity (Wildman–Crippen MR) is 92.1 cm³/mol. The zero-order valence-electron chi connectivity index (χ0n) is 12.4. The van der Waals surface area contributed by atoms with Crippen molar-refractivity contribution in [1.29, 1.82) is 0 Å². The van der Waals surface area contributed by atoms with Crippen molar-refractivity contribution in [2.75, 3.05) is 19.5 Å². The fourth-order valence-electron chi connectivity index (χ4n) is 3.21. The molecule has 114 valence electrons. The van der Waals surface area contributed by atoms with Gasteiger partial charge in [-0.1, -0.05) is 22.4 Å². The summed E-state index contributed by atoms with van der Waals surface area (Å²) in [5.41, 5.74) is 2.28. The molecular formula is C16H21BrClN3. The molecule has 0 amide bonds. The zero-order chi connectivity index (χ0) is 14.8.